The first kappa shape index (κ1) is 26.2. The van der Waals surface area contributed by atoms with Crippen LogP contribution in [0.3, 0.4) is 0 Å². The summed E-state index contributed by atoms with van der Waals surface area (Å²) in [6.45, 7) is 7.61. The lowest BCUT2D eigenvalue weighted by molar-refractivity contribution is -0.162. The first-order valence-electron chi connectivity index (χ1n) is 13.1. The average molecular weight is 481 g/mol. The summed E-state index contributed by atoms with van der Waals surface area (Å²) in [6, 6.07) is 0. The molecule has 0 spiro atoms. The number of hydrogen-bond acceptors (Lipinski definition) is 7. The topological polar surface area (TPSA) is 138 Å². The van der Waals surface area contributed by atoms with Gasteiger partial charge in [-0.15, -0.1) is 0 Å². The molecule has 5 unspecified atom stereocenters. The third-order valence-corrected chi connectivity index (χ3v) is 10.5. The summed E-state index contributed by atoms with van der Waals surface area (Å²) >= 11 is 0. The van der Waals surface area contributed by atoms with E-state index in [1.165, 1.54) is 0 Å². The maximum Gasteiger partial charge on any atom is 0.159 e. The minimum atomic E-state index is -1.24. The third-order valence-electron chi connectivity index (χ3n) is 10.5. The molecule has 34 heavy (non-hydrogen) atoms. The van der Waals surface area contributed by atoms with Gasteiger partial charge in [-0.05, 0) is 86.7 Å². The normalized spacial score (nSPS) is 47.6. The van der Waals surface area contributed by atoms with Crippen molar-refractivity contribution in [1.82, 2.24) is 0 Å². The molecule has 0 radical (unpaired) electrons. The molecule has 11 atom stereocenters. The Labute approximate surface area is 202 Å². The van der Waals surface area contributed by atoms with Crippen LogP contribution in [0, 0.1) is 34.5 Å². The van der Waals surface area contributed by atoms with E-state index in [1.54, 1.807) is 13.0 Å². The van der Waals surface area contributed by atoms with Crippen LogP contribution < -0.4 is 0 Å². The number of allylic oxidation sites excluding steroid dienone is 1. The first-order chi connectivity index (χ1) is 15.7. The zero-order valence-electron chi connectivity index (χ0n) is 21.1. The van der Waals surface area contributed by atoms with Crippen LogP contribution in [0.5, 0.6) is 0 Å². The highest BCUT2D eigenvalue weighted by atomic mass is 16.3. The first-order valence-corrected chi connectivity index (χ1v) is 13.1. The van der Waals surface area contributed by atoms with Crippen LogP contribution in [0.25, 0.3) is 0 Å². The highest BCUT2D eigenvalue weighted by Crippen LogP contribution is 2.68. The van der Waals surface area contributed by atoms with Gasteiger partial charge in [-0.25, -0.2) is 0 Å². The second-order valence-corrected chi connectivity index (χ2v) is 12.8. The van der Waals surface area contributed by atoms with Crippen LogP contribution in [-0.2, 0) is 4.79 Å². The van der Waals surface area contributed by atoms with Crippen molar-refractivity contribution in [2.45, 2.75) is 109 Å². The molecule has 0 bridgehead atoms. The Morgan fingerprint density at radius 3 is 2.47 bits per heavy atom. The SMILES string of the molecule is CC(CO)CC(O)C[C@](C)(O)[C@H]1CC[C@@]2(O)C3=CC(=O)C4CC(O)C(O)C[C@]4(C)[C@H]3CC[C@]12C. The van der Waals surface area contributed by atoms with Gasteiger partial charge in [0.05, 0.1) is 29.5 Å². The molecule has 3 fully saturated rings. The summed E-state index contributed by atoms with van der Waals surface area (Å²) in [6.07, 6.45) is 2.66. The van der Waals surface area contributed by atoms with Crippen molar-refractivity contribution in [2.75, 3.05) is 6.61 Å². The Morgan fingerprint density at radius 1 is 1.15 bits per heavy atom. The number of hydrogen-bond donors (Lipinski definition) is 6. The zero-order chi connectivity index (χ0) is 25.3. The Kier molecular flexibility index (Phi) is 6.66. The molecular formula is C27H44O7. The van der Waals surface area contributed by atoms with E-state index in [0.717, 1.165) is 12.0 Å². The summed E-state index contributed by atoms with van der Waals surface area (Å²) in [7, 11) is 0. The fourth-order valence-electron chi connectivity index (χ4n) is 8.61. The van der Waals surface area contributed by atoms with Gasteiger partial charge in [-0.2, -0.15) is 0 Å². The van der Waals surface area contributed by atoms with E-state index in [-0.39, 0.29) is 48.9 Å². The number of carbonyl (C=O) groups is 1. The van der Waals surface area contributed by atoms with E-state index in [4.69, 9.17) is 0 Å². The largest absolute Gasteiger partial charge is 0.396 e. The molecule has 0 aromatic heterocycles. The van der Waals surface area contributed by atoms with Crippen LogP contribution in [0.1, 0.15) is 79.1 Å². The minimum absolute atomic E-state index is 0.0187. The lowest BCUT2D eigenvalue weighted by Gasteiger charge is -2.60. The molecule has 7 heteroatoms. The molecule has 4 aliphatic carbocycles. The molecule has 0 heterocycles. The maximum atomic E-state index is 13.2. The third kappa shape index (κ3) is 3.82. The predicted octanol–water partition coefficient (Wildman–Crippen LogP) is 1.71. The fraction of sp³-hybridized carbons (Fsp3) is 0.889. The number of fused-ring (bicyclic) bond motifs is 5. The maximum absolute atomic E-state index is 13.2. The molecule has 4 aliphatic rings. The summed E-state index contributed by atoms with van der Waals surface area (Å²) in [4.78, 5) is 13.2. The van der Waals surface area contributed by atoms with Gasteiger partial charge >= 0.3 is 0 Å². The molecule has 0 saturated heterocycles. The van der Waals surface area contributed by atoms with E-state index >= 15 is 0 Å². The van der Waals surface area contributed by atoms with Crippen LogP contribution in [-0.4, -0.2) is 72.5 Å². The number of aliphatic hydroxyl groups excluding tert-OH is 4. The van der Waals surface area contributed by atoms with Crippen molar-refractivity contribution in [2.24, 2.45) is 34.5 Å². The minimum Gasteiger partial charge on any atom is -0.396 e. The van der Waals surface area contributed by atoms with E-state index < -0.39 is 40.3 Å². The van der Waals surface area contributed by atoms with Gasteiger partial charge in [0.15, 0.2) is 5.78 Å². The smallest absolute Gasteiger partial charge is 0.159 e. The predicted molar refractivity (Wildman–Crippen MR) is 127 cm³/mol. The van der Waals surface area contributed by atoms with Gasteiger partial charge in [0.1, 0.15) is 0 Å². The number of carbonyl (C=O) groups excluding carboxylic acids is 1. The summed E-state index contributed by atoms with van der Waals surface area (Å²) in [5.74, 6) is -0.827. The number of ketones is 1. The van der Waals surface area contributed by atoms with Gasteiger partial charge in [0, 0.05) is 24.4 Å². The Balaban J connectivity index is 1.64. The highest BCUT2D eigenvalue weighted by molar-refractivity contribution is 5.95. The monoisotopic (exact) mass is 480 g/mol. The molecule has 4 rings (SSSR count). The Morgan fingerprint density at radius 2 is 1.82 bits per heavy atom. The summed E-state index contributed by atoms with van der Waals surface area (Å²) in [5.41, 5.74) is -2.89. The molecule has 0 aromatic carbocycles. The standard InChI is InChI=1S/C27H44O7/c1-15(14-28)9-16(29)12-26(4,33)23-6-8-27(34)18-10-20(30)19-11-21(31)22(32)13-24(19,2)17(18)5-7-25(23,27)3/h10,15-17,19,21-23,28-29,31-34H,5-9,11-14H2,1-4H3/t15?,16?,17-,19?,21?,22?,23-,24+,25+,26-,27+/m0/s1. The van der Waals surface area contributed by atoms with Crippen molar-refractivity contribution in [1.29, 1.82) is 0 Å². The quantitative estimate of drug-likeness (QED) is 0.340. The number of rotatable bonds is 6. The Bertz CT molecular complexity index is 839. The molecular weight excluding hydrogens is 436 g/mol. The van der Waals surface area contributed by atoms with E-state index in [2.05, 4.69) is 0 Å². The van der Waals surface area contributed by atoms with Crippen molar-refractivity contribution in [3.8, 4) is 0 Å². The van der Waals surface area contributed by atoms with E-state index in [9.17, 15) is 35.4 Å². The van der Waals surface area contributed by atoms with Crippen LogP contribution in [0.2, 0.25) is 0 Å². The lowest BCUT2D eigenvalue weighted by atomic mass is 9.45. The number of aliphatic hydroxyl groups is 6. The Hall–Kier alpha value is -0.830. The molecule has 0 amide bonds. The molecule has 6 N–H and O–H groups in total. The van der Waals surface area contributed by atoms with E-state index in [0.29, 0.717) is 32.1 Å². The second kappa shape index (κ2) is 8.63. The zero-order valence-corrected chi connectivity index (χ0v) is 21.1. The second-order valence-electron chi connectivity index (χ2n) is 12.8. The summed E-state index contributed by atoms with van der Waals surface area (Å²) in [5, 5.41) is 64.4. The summed E-state index contributed by atoms with van der Waals surface area (Å²) < 4.78 is 0. The van der Waals surface area contributed by atoms with Gasteiger partial charge in [0.25, 0.3) is 0 Å². The fourth-order valence-corrected chi connectivity index (χ4v) is 8.61. The molecule has 7 nitrogen and oxygen atoms in total. The van der Waals surface area contributed by atoms with Crippen LogP contribution in [0.4, 0.5) is 0 Å². The molecule has 194 valence electrons. The van der Waals surface area contributed by atoms with Crippen molar-refractivity contribution >= 4 is 5.78 Å². The molecule has 3 saturated carbocycles. The van der Waals surface area contributed by atoms with Crippen LogP contribution in [0.15, 0.2) is 11.6 Å². The van der Waals surface area contributed by atoms with Crippen molar-refractivity contribution in [3.63, 3.8) is 0 Å². The molecule has 0 aromatic rings. The van der Waals surface area contributed by atoms with Crippen molar-refractivity contribution < 1.29 is 35.4 Å². The highest BCUT2D eigenvalue weighted by Gasteiger charge is 2.68. The van der Waals surface area contributed by atoms with Crippen molar-refractivity contribution in [3.05, 3.63) is 11.6 Å². The average Bonchev–Trinajstić information content (AvgIpc) is 3.02. The van der Waals surface area contributed by atoms with Gasteiger partial charge in [0.2, 0.25) is 0 Å². The van der Waals surface area contributed by atoms with E-state index in [1.807, 2.05) is 20.8 Å². The van der Waals surface area contributed by atoms with Gasteiger partial charge < -0.3 is 30.6 Å². The van der Waals surface area contributed by atoms with Gasteiger partial charge in [-0.3, -0.25) is 4.79 Å². The van der Waals surface area contributed by atoms with Crippen LogP contribution >= 0.6 is 0 Å². The lowest BCUT2D eigenvalue weighted by Crippen LogP contribution is -2.62. The van der Waals surface area contributed by atoms with Gasteiger partial charge in [-0.1, -0.05) is 20.8 Å². The molecule has 0 aliphatic heterocycles.